The highest BCUT2D eigenvalue weighted by Gasteiger charge is 2.19. The first kappa shape index (κ1) is 21.3. The van der Waals surface area contributed by atoms with Gasteiger partial charge in [0.1, 0.15) is 10.8 Å². The third kappa shape index (κ3) is 6.27. The highest BCUT2D eigenvalue weighted by molar-refractivity contribution is 7.13. The number of carbonyl (C=O) groups excluding carboxylic acids is 1. The fraction of sp³-hybridized carbons (Fsp3) is 0.261. The standard InChI is InChI=1S/C23H24FN5OS/c24-19-8-10-20(11-9-19)25-22(30)23-27-26-21(31-23)17-29-15-13-28(14-16-29)12-4-7-18-5-2-1-3-6-18/h1-11H,12-17H2,(H,25,30)/b7-4+. The molecule has 0 saturated carbocycles. The van der Waals surface area contributed by atoms with E-state index in [2.05, 4.69) is 49.6 Å². The SMILES string of the molecule is O=C(Nc1ccc(F)cc1)c1nnc(CN2CCN(C/C=C/c3ccccc3)CC2)s1. The Balaban J connectivity index is 1.22. The summed E-state index contributed by atoms with van der Waals surface area (Å²) in [4.78, 5) is 17.1. The van der Waals surface area contributed by atoms with Gasteiger partial charge in [-0.05, 0) is 29.8 Å². The Morgan fingerprint density at radius 3 is 2.45 bits per heavy atom. The van der Waals surface area contributed by atoms with Crippen LogP contribution >= 0.6 is 11.3 Å². The molecule has 3 aromatic rings. The average molecular weight is 438 g/mol. The van der Waals surface area contributed by atoms with Gasteiger partial charge in [0.25, 0.3) is 5.91 Å². The van der Waals surface area contributed by atoms with Crippen LogP contribution in [-0.4, -0.2) is 58.6 Å². The lowest BCUT2D eigenvalue weighted by atomic mass is 10.2. The molecule has 0 unspecified atom stereocenters. The Labute approximate surface area is 185 Å². The summed E-state index contributed by atoms with van der Waals surface area (Å²) in [5.74, 6) is -0.672. The van der Waals surface area contributed by atoms with Crippen molar-refractivity contribution in [3.8, 4) is 0 Å². The fourth-order valence-corrected chi connectivity index (χ4v) is 4.13. The number of nitrogens with one attached hydrogen (secondary N) is 1. The Morgan fingerprint density at radius 1 is 1.00 bits per heavy atom. The number of rotatable bonds is 7. The van der Waals surface area contributed by atoms with Gasteiger partial charge in [0.05, 0.1) is 6.54 Å². The Kier molecular flexibility index (Phi) is 7.14. The topological polar surface area (TPSA) is 61.4 Å². The molecule has 1 amide bonds. The van der Waals surface area contributed by atoms with E-state index in [4.69, 9.17) is 0 Å². The van der Waals surface area contributed by atoms with Crippen LogP contribution in [0.5, 0.6) is 0 Å². The Morgan fingerprint density at radius 2 is 1.71 bits per heavy atom. The molecular formula is C23H24FN5OS. The van der Waals surface area contributed by atoms with Gasteiger partial charge in [-0.2, -0.15) is 0 Å². The first-order valence-electron chi connectivity index (χ1n) is 10.2. The van der Waals surface area contributed by atoms with Gasteiger partial charge in [-0.3, -0.25) is 14.6 Å². The van der Waals surface area contributed by atoms with E-state index in [1.807, 2.05) is 18.2 Å². The maximum absolute atomic E-state index is 13.0. The summed E-state index contributed by atoms with van der Waals surface area (Å²) in [7, 11) is 0. The van der Waals surface area contributed by atoms with Crippen molar-refractivity contribution >= 4 is 29.0 Å². The number of hydrogen-bond donors (Lipinski definition) is 1. The summed E-state index contributed by atoms with van der Waals surface area (Å²) in [6, 6.07) is 16.0. The molecule has 160 valence electrons. The van der Waals surface area contributed by atoms with Gasteiger partial charge in [0.2, 0.25) is 5.01 Å². The second-order valence-corrected chi connectivity index (χ2v) is 8.41. The molecule has 2 aromatic carbocycles. The van der Waals surface area contributed by atoms with Crippen molar-refractivity contribution in [2.24, 2.45) is 0 Å². The van der Waals surface area contributed by atoms with Crippen LogP contribution in [0.15, 0.2) is 60.7 Å². The second-order valence-electron chi connectivity index (χ2n) is 7.35. The highest BCUT2D eigenvalue weighted by atomic mass is 32.1. The molecule has 1 aliphatic rings. The van der Waals surface area contributed by atoms with E-state index < -0.39 is 0 Å². The smallest absolute Gasteiger partial charge is 0.286 e. The lowest BCUT2D eigenvalue weighted by Crippen LogP contribution is -2.45. The van der Waals surface area contributed by atoms with Crippen LogP contribution < -0.4 is 5.32 Å². The molecule has 1 aromatic heterocycles. The summed E-state index contributed by atoms with van der Waals surface area (Å²) in [6.45, 7) is 5.53. The number of piperazine rings is 1. The van der Waals surface area contributed by atoms with Crippen LogP contribution in [0.2, 0.25) is 0 Å². The summed E-state index contributed by atoms with van der Waals surface area (Å²) in [6.07, 6.45) is 4.37. The number of anilines is 1. The first-order valence-corrected chi connectivity index (χ1v) is 11.0. The predicted molar refractivity (Wildman–Crippen MR) is 121 cm³/mol. The lowest BCUT2D eigenvalue weighted by Gasteiger charge is -2.33. The van der Waals surface area contributed by atoms with Gasteiger partial charge in [-0.25, -0.2) is 4.39 Å². The van der Waals surface area contributed by atoms with Crippen molar-refractivity contribution in [1.82, 2.24) is 20.0 Å². The van der Waals surface area contributed by atoms with Crippen molar-refractivity contribution in [2.75, 3.05) is 38.0 Å². The van der Waals surface area contributed by atoms with Crippen molar-refractivity contribution < 1.29 is 9.18 Å². The normalized spacial score (nSPS) is 15.4. The molecule has 1 N–H and O–H groups in total. The average Bonchev–Trinajstić information content (AvgIpc) is 3.26. The lowest BCUT2D eigenvalue weighted by molar-refractivity contribution is 0.102. The summed E-state index contributed by atoms with van der Waals surface area (Å²) < 4.78 is 13.0. The van der Waals surface area contributed by atoms with E-state index in [1.54, 1.807) is 0 Å². The number of benzene rings is 2. The number of aromatic nitrogens is 2. The van der Waals surface area contributed by atoms with E-state index in [1.165, 1.54) is 41.2 Å². The monoisotopic (exact) mass is 437 g/mol. The highest BCUT2D eigenvalue weighted by Crippen LogP contribution is 2.16. The van der Waals surface area contributed by atoms with Gasteiger partial charge < -0.3 is 5.32 Å². The minimum Gasteiger partial charge on any atom is -0.320 e. The van der Waals surface area contributed by atoms with Crippen LogP contribution in [0.3, 0.4) is 0 Å². The minimum absolute atomic E-state index is 0.309. The van der Waals surface area contributed by atoms with E-state index in [-0.39, 0.29) is 11.7 Å². The van der Waals surface area contributed by atoms with Crippen molar-refractivity contribution in [3.05, 3.63) is 82.1 Å². The van der Waals surface area contributed by atoms with Gasteiger partial charge >= 0.3 is 0 Å². The molecule has 6 nitrogen and oxygen atoms in total. The molecule has 31 heavy (non-hydrogen) atoms. The van der Waals surface area contributed by atoms with Gasteiger partial charge in [-0.1, -0.05) is 53.8 Å². The van der Waals surface area contributed by atoms with Crippen LogP contribution in [-0.2, 0) is 6.54 Å². The summed E-state index contributed by atoms with van der Waals surface area (Å²) in [5, 5.41) is 12.0. The largest absolute Gasteiger partial charge is 0.320 e. The molecule has 0 spiro atoms. The number of nitrogens with zero attached hydrogens (tertiary/aromatic N) is 4. The Bertz CT molecular complexity index is 1010. The number of amides is 1. The third-order valence-electron chi connectivity index (χ3n) is 5.06. The first-order chi connectivity index (χ1) is 15.2. The zero-order chi connectivity index (χ0) is 21.5. The maximum atomic E-state index is 13.0. The summed E-state index contributed by atoms with van der Waals surface area (Å²) in [5.41, 5.74) is 1.75. The van der Waals surface area contributed by atoms with Gasteiger partial charge in [-0.15, -0.1) is 10.2 Å². The van der Waals surface area contributed by atoms with E-state index in [0.717, 1.165) is 37.7 Å². The summed E-state index contributed by atoms with van der Waals surface area (Å²) >= 11 is 1.29. The second kappa shape index (κ2) is 10.4. The van der Waals surface area contributed by atoms with E-state index >= 15 is 0 Å². The molecule has 0 bridgehead atoms. The van der Waals surface area contributed by atoms with Crippen LogP contribution in [0.1, 0.15) is 20.4 Å². The van der Waals surface area contributed by atoms with Crippen molar-refractivity contribution in [1.29, 1.82) is 0 Å². The number of halogens is 1. The van der Waals surface area contributed by atoms with Crippen LogP contribution in [0.4, 0.5) is 10.1 Å². The van der Waals surface area contributed by atoms with Crippen LogP contribution in [0, 0.1) is 5.82 Å². The minimum atomic E-state index is -0.344. The number of hydrogen-bond acceptors (Lipinski definition) is 6. The molecule has 1 saturated heterocycles. The van der Waals surface area contributed by atoms with Crippen molar-refractivity contribution in [3.63, 3.8) is 0 Å². The van der Waals surface area contributed by atoms with Gasteiger partial charge in [0, 0.05) is 38.4 Å². The molecule has 1 fully saturated rings. The van der Waals surface area contributed by atoms with Gasteiger partial charge in [0.15, 0.2) is 0 Å². The quantitative estimate of drug-likeness (QED) is 0.610. The molecule has 0 aliphatic carbocycles. The Hall–Kier alpha value is -2.94. The fourth-order valence-electron chi connectivity index (χ4n) is 3.35. The molecule has 0 atom stereocenters. The van der Waals surface area contributed by atoms with E-state index in [0.29, 0.717) is 17.2 Å². The third-order valence-corrected chi connectivity index (χ3v) is 5.97. The molecule has 2 heterocycles. The zero-order valence-corrected chi connectivity index (χ0v) is 17.9. The maximum Gasteiger partial charge on any atom is 0.286 e. The molecule has 0 radical (unpaired) electrons. The zero-order valence-electron chi connectivity index (χ0n) is 17.1. The molecular weight excluding hydrogens is 413 g/mol. The molecule has 1 aliphatic heterocycles. The molecule has 8 heteroatoms. The number of carbonyl (C=O) groups is 1. The molecule has 4 rings (SSSR count). The van der Waals surface area contributed by atoms with Crippen LogP contribution in [0.25, 0.3) is 6.08 Å². The predicted octanol–water partition coefficient (Wildman–Crippen LogP) is 3.76. The van der Waals surface area contributed by atoms with Crippen molar-refractivity contribution in [2.45, 2.75) is 6.54 Å². The van der Waals surface area contributed by atoms with E-state index in [9.17, 15) is 9.18 Å².